The summed E-state index contributed by atoms with van der Waals surface area (Å²) in [6.45, 7) is 1.27. The quantitative estimate of drug-likeness (QED) is 0.421. The Kier molecular flexibility index (Phi) is 6.73. The van der Waals surface area contributed by atoms with E-state index < -0.39 is 0 Å². The predicted molar refractivity (Wildman–Crippen MR) is 138 cm³/mol. The predicted octanol–water partition coefficient (Wildman–Crippen LogP) is 4.94. The molecule has 7 heteroatoms. The van der Waals surface area contributed by atoms with Crippen LogP contribution < -0.4 is 5.32 Å². The van der Waals surface area contributed by atoms with Crippen LogP contribution in [0.4, 0.5) is 5.69 Å². The van der Waals surface area contributed by atoms with Gasteiger partial charge in [-0.05, 0) is 49.2 Å². The second-order valence-electron chi connectivity index (χ2n) is 8.32. The van der Waals surface area contributed by atoms with Gasteiger partial charge in [0.2, 0.25) is 0 Å². The molecule has 1 N–H and O–H groups in total. The third kappa shape index (κ3) is 5.34. The maximum Gasteiger partial charge on any atom is 0.298 e. The molecule has 1 aliphatic rings. The topological polar surface area (TPSA) is 67.2 Å². The summed E-state index contributed by atoms with van der Waals surface area (Å²) in [6.07, 6.45) is 5.50. The van der Waals surface area contributed by atoms with E-state index in [4.69, 9.17) is 0 Å². The van der Waals surface area contributed by atoms with Crippen LogP contribution in [0.25, 0.3) is 5.69 Å². The molecule has 1 saturated heterocycles. The number of nitrogens with one attached hydrogen (secondary N) is 1. The van der Waals surface area contributed by atoms with Crippen LogP contribution in [0.2, 0.25) is 0 Å². The Morgan fingerprint density at radius 1 is 0.943 bits per heavy atom. The monoisotopic (exact) mass is 480 g/mol. The highest BCUT2D eigenvalue weighted by Gasteiger charge is 2.26. The van der Waals surface area contributed by atoms with Crippen LogP contribution >= 0.6 is 11.3 Å². The number of nitrogens with zero attached hydrogens (tertiary/aromatic N) is 3. The molecule has 0 atom stereocenters. The molecular weight excluding hydrogens is 456 g/mol. The van der Waals surface area contributed by atoms with Crippen LogP contribution in [0.5, 0.6) is 0 Å². The summed E-state index contributed by atoms with van der Waals surface area (Å²) >= 11 is 1.51. The zero-order valence-electron chi connectivity index (χ0n) is 19.1. The third-order valence-electron chi connectivity index (χ3n) is 6.01. The van der Waals surface area contributed by atoms with Crippen molar-refractivity contribution < 1.29 is 9.59 Å². The van der Waals surface area contributed by atoms with Gasteiger partial charge in [-0.2, -0.15) is 0 Å². The molecule has 5 rings (SSSR count). The van der Waals surface area contributed by atoms with Crippen molar-refractivity contribution in [3.05, 3.63) is 101 Å². The number of para-hydroxylation sites is 2. The molecule has 1 fully saturated rings. The first-order valence-electron chi connectivity index (χ1n) is 11.5. The van der Waals surface area contributed by atoms with Crippen molar-refractivity contribution in [1.29, 1.82) is 0 Å². The molecule has 0 spiro atoms. The van der Waals surface area contributed by atoms with Crippen molar-refractivity contribution in [2.45, 2.75) is 18.8 Å². The van der Waals surface area contributed by atoms with Gasteiger partial charge in [-0.15, -0.1) is 11.3 Å². The molecule has 2 amide bonds. The summed E-state index contributed by atoms with van der Waals surface area (Å²) in [7, 11) is 0. The van der Waals surface area contributed by atoms with E-state index in [1.165, 1.54) is 11.3 Å². The Hall–Kier alpha value is -4.15. The van der Waals surface area contributed by atoms with Crippen LogP contribution in [0.15, 0.2) is 84.5 Å². The highest BCUT2D eigenvalue weighted by Crippen LogP contribution is 2.31. The lowest BCUT2D eigenvalue weighted by Crippen LogP contribution is -2.37. The summed E-state index contributed by atoms with van der Waals surface area (Å²) in [5.74, 6) is 5.55. The SMILES string of the molecule is O=C(Nc1ccccc1-n1cccc1)c1csc(C2CCN(C(=O)C#Cc3ccccc3)CC2)n1. The van der Waals surface area contributed by atoms with Crippen molar-refractivity contribution in [1.82, 2.24) is 14.5 Å². The van der Waals surface area contributed by atoms with Gasteiger partial charge >= 0.3 is 0 Å². The van der Waals surface area contributed by atoms with Crippen molar-refractivity contribution in [3.63, 3.8) is 0 Å². The van der Waals surface area contributed by atoms with E-state index in [-0.39, 0.29) is 17.7 Å². The van der Waals surface area contributed by atoms with E-state index >= 15 is 0 Å². The van der Waals surface area contributed by atoms with Crippen LogP contribution in [0.3, 0.4) is 0 Å². The van der Waals surface area contributed by atoms with E-state index in [1.54, 1.807) is 4.90 Å². The Morgan fingerprint density at radius 3 is 2.43 bits per heavy atom. The minimum Gasteiger partial charge on any atom is -0.332 e. The number of anilines is 1. The summed E-state index contributed by atoms with van der Waals surface area (Å²) < 4.78 is 1.96. The molecule has 0 saturated carbocycles. The molecule has 0 unspecified atom stereocenters. The number of amides is 2. The fraction of sp³-hybridized carbons (Fsp3) is 0.179. The number of carbonyl (C=O) groups is 2. The van der Waals surface area contributed by atoms with Gasteiger partial charge in [-0.1, -0.05) is 36.3 Å². The fourth-order valence-electron chi connectivity index (χ4n) is 4.12. The number of piperidine rings is 1. The Bertz CT molecular complexity index is 1380. The molecule has 6 nitrogen and oxygen atoms in total. The van der Waals surface area contributed by atoms with Crippen molar-refractivity contribution >= 4 is 28.8 Å². The molecule has 3 heterocycles. The summed E-state index contributed by atoms with van der Waals surface area (Å²) in [4.78, 5) is 31.8. The lowest BCUT2D eigenvalue weighted by Gasteiger charge is -2.29. The van der Waals surface area contributed by atoms with Crippen LogP contribution in [-0.2, 0) is 4.79 Å². The number of benzene rings is 2. The van der Waals surface area contributed by atoms with Crippen LogP contribution in [0, 0.1) is 11.8 Å². The normalized spacial score (nSPS) is 13.7. The van der Waals surface area contributed by atoms with E-state index in [9.17, 15) is 9.59 Å². The minimum absolute atomic E-state index is 0.145. The standard InChI is InChI=1S/C28H24N4O2S/c33-26(13-12-21-8-2-1-3-9-21)32-18-14-22(15-19-32)28-30-24(20-35-28)27(34)29-23-10-4-5-11-25(23)31-16-6-7-17-31/h1-11,16-17,20,22H,14-15,18-19H2,(H,29,34). The highest BCUT2D eigenvalue weighted by atomic mass is 32.1. The number of carbonyl (C=O) groups excluding carboxylic acids is 2. The van der Waals surface area contributed by atoms with Gasteiger partial charge in [0.15, 0.2) is 0 Å². The van der Waals surface area contributed by atoms with Crippen molar-refractivity contribution in [2.75, 3.05) is 18.4 Å². The van der Waals surface area contributed by atoms with E-state index in [0.717, 1.165) is 34.8 Å². The lowest BCUT2D eigenvalue weighted by molar-refractivity contribution is -0.126. The summed E-state index contributed by atoms with van der Waals surface area (Å²) in [5.41, 5.74) is 2.88. The second-order valence-corrected chi connectivity index (χ2v) is 9.20. The summed E-state index contributed by atoms with van der Waals surface area (Å²) in [5, 5.41) is 5.75. The lowest BCUT2D eigenvalue weighted by atomic mass is 9.97. The minimum atomic E-state index is -0.226. The highest BCUT2D eigenvalue weighted by molar-refractivity contribution is 7.10. The molecular formula is C28H24N4O2S. The Labute approximate surface area is 208 Å². The molecule has 0 aliphatic carbocycles. The molecule has 4 aromatic rings. The first-order chi connectivity index (χ1) is 17.2. The van der Waals surface area contributed by atoms with Crippen LogP contribution in [0.1, 0.15) is 39.8 Å². The number of hydrogen-bond acceptors (Lipinski definition) is 4. The average molecular weight is 481 g/mol. The van der Waals surface area contributed by atoms with Gasteiger partial charge in [0.25, 0.3) is 11.8 Å². The smallest absolute Gasteiger partial charge is 0.298 e. The largest absolute Gasteiger partial charge is 0.332 e. The number of aromatic nitrogens is 2. The number of thiazole rings is 1. The third-order valence-corrected chi connectivity index (χ3v) is 7.02. The van der Waals surface area contributed by atoms with Gasteiger partial charge < -0.3 is 14.8 Å². The van der Waals surface area contributed by atoms with Gasteiger partial charge in [0.1, 0.15) is 5.69 Å². The molecule has 2 aromatic carbocycles. The summed E-state index contributed by atoms with van der Waals surface area (Å²) in [6, 6.07) is 21.1. The average Bonchev–Trinajstić information content (AvgIpc) is 3.61. The van der Waals surface area contributed by atoms with Crippen molar-refractivity contribution in [2.24, 2.45) is 0 Å². The number of hydrogen-bond donors (Lipinski definition) is 1. The van der Waals surface area contributed by atoms with Gasteiger partial charge in [-0.3, -0.25) is 9.59 Å². The molecule has 1 aliphatic heterocycles. The van der Waals surface area contributed by atoms with E-state index in [1.807, 2.05) is 89.1 Å². The number of likely N-dealkylation sites (tertiary alicyclic amines) is 1. The van der Waals surface area contributed by atoms with Crippen molar-refractivity contribution in [3.8, 4) is 17.5 Å². The van der Waals surface area contributed by atoms with Gasteiger partial charge in [0.05, 0.1) is 16.4 Å². The van der Waals surface area contributed by atoms with Gasteiger partial charge in [-0.25, -0.2) is 4.98 Å². The molecule has 0 radical (unpaired) electrons. The Morgan fingerprint density at radius 2 is 1.66 bits per heavy atom. The van der Waals surface area contributed by atoms with Crippen LogP contribution in [-0.4, -0.2) is 39.4 Å². The first-order valence-corrected chi connectivity index (χ1v) is 12.4. The molecule has 2 aromatic heterocycles. The van der Waals surface area contributed by atoms with Gasteiger partial charge in [0, 0.05) is 48.3 Å². The molecule has 35 heavy (non-hydrogen) atoms. The fourth-order valence-corrected chi connectivity index (χ4v) is 5.09. The zero-order chi connectivity index (χ0) is 24.0. The molecule has 174 valence electrons. The molecule has 0 bridgehead atoms. The Balaban J connectivity index is 1.19. The second kappa shape index (κ2) is 10.4. The van der Waals surface area contributed by atoms with E-state index in [2.05, 4.69) is 22.1 Å². The zero-order valence-corrected chi connectivity index (χ0v) is 19.9. The maximum absolute atomic E-state index is 12.9. The first kappa shape index (κ1) is 22.6. The van der Waals surface area contributed by atoms with E-state index in [0.29, 0.717) is 18.8 Å². The maximum atomic E-state index is 12.9. The number of rotatable bonds is 4.